The summed E-state index contributed by atoms with van der Waals surface area (Å²) in [5.74, 6) is 0. The summed E-state index contributed by atoms with van der Waals surface area (Å²) in [4.78, 5) is 0. The van der Waals surface area contributed by atoms with Crippen LogP contribution in [0.5, 0.6) is 0 Å². The van der Waals surface area contributed by atoms with Gasteiger partial charge in [0.2, 0.25) is 0 Å². The molecule has 1 unspecified atom stereocenters. The minimum Gasteiger partial charge on any atom is -0.457 e. The molecule has 0 radical (unpaired) electrons. The summed E-state index contributed by atoms with van der Waals surface area (Å²) in [6.45, 7) is 6.68. The van der Waals surface area contributed by atoms with Crippen LogP contribution in [0.3, 0.4) is 0 Å². The van der Waals surface area contributed by atoms with Crippen LogP contribution in [-0.4, -0.2) is 7.05 Å². The minimum atomic E-state index is 0.141. The molecule has 2 nitrogen and oxygen atoms in total. The Morgan fingerprint density at radius 1 is 1.11 bits per heavy atom. The first kappa shape index (κ1) is 14.4. The fourth-order valence-corrected chi connectivity index (χ4v) is 2.66. The molecule has 102 valence electrons. The molecule has 0 fully saturated rings. The van der Waals surface area contributed by atoms with Crippen molar-refractivity contribution in [3.63, 3.8) is 0 Å². The Bertz CT molecular complexity index is 537. The van der Waals surface area contributed by atoms with Gasteiger partial charge in [-0.3, -0.25) is 0 Å². The van der Waals surface area contributed by atoms with Crippen LogP contribution in [0.4, 0.5) is 0 Å². The molecular formula is C16H20BrNO. The predicted molar refractivity (Wildman–Crippen MR) is 82.5 cm³/mol. The highest BCUT2D eigenvalue weighted by atomic mass is 79.9. The molecule has 0 saturated carbocycles. The lowest BCUT2D eigenvalue weighted by Crippen LogP contribution is -2.18. The molecule has 0 saturated heterocycles. The molecule has 3 heteroatoms. The van der Waals surface area contributed by atoms with E-state index in [0.29, 0.717) is 0 Å². The van der Waals surface area contributed by atoms with Gasteiger partial charge in [-0.25, -0.2) is 0 Å². The van der Waals surface area contributed by atoms with E-state index in [-0.39, 0.29) is 11.5 Å². The van der Waals surface area contributed by atoms with Crippen molar-refractivity contribution in [3.8, 4) is 0 Å². The van der Waals surface area contributed by atoms with Crippen LogP contribution in [0.25, 0.3) is 0 Å². The molecule has 19 heavy (non-hydrogen) atoms. The standard InChI is InChI=1S/C16H20BrNO/c1-16(2,3)12-7-5-11(6-8-12)14(18-4)13-9-10-19-15(13)17/h5-10,14,18H,1-4H3. The molecule has 0 aliphatic heterocycles. The second-order valence-electron chi connectivity index (χ2n) is 5.74. The second-order valence-corrected chi connectivity index (χ2v) is 6.46. The predicted octanol–water partition coefficient (Wildman–Crippen LogP) is 4.65. The first-order valence-electron chi connectivity index (χ1n) is 6.44. The Kier molecular flexibility index (Phi) is 4.16. The van der Waals surface area contributed by atoms with E-state index >= 15 is 0 Å². The number of rotatable bonds is 3. The van der Waals surface area contributed by atoms with E-state index in [4.69, 9.17) is 4.42 Å². The molecule has 1 N–H and O–H groups in total. The SMILES string of the molecule is CNC(c1ccc(C(C)(C)C)cc1)c1ccoc1Br. The molecule has 1 aromatic heterocycles. The van der Waals surface area contributed by atoms with Crippen molar-refractivity contribution in [2.24, 2.45) is 0 Å². The number of hydrogen-bond acceptors (Lipinski definition) is 2. The van der Waals surface area contributed by atoms with Gasteiger partial charge in [-0.1, -0.05) is 45.0 Å². The van der Waals surface area contributed by atoms with E-state index in [1.54, 1.807) is 6.26 Å². The van der Waals surface area contributed by atoms with Gasteiger partial charge in [-0.15, -0.1) is 0 Å². The molecule has 2 aromatic rings. The summed E-state index contributed by atoms with van der Waals surface area (Å²) in [6, 6.07) is 10.9. The van der Waals surface area contributed by atoms with Crippen molar-refractivity contribution >= 4 is 15.9 Å². The molecule has 1 atom stereocenters. The lowest BCUT2D eigenvalue weighted by Gasteiger charge is -2.21. The molecule has 0 aliphatic rings. The molecule has 1 heterocycles. The van der Waals surface area contributed by atoms with Crippen LogP contribution < -0.4 is 5.32 Å². The minimum absolute atomic E-state index is 0.141. The van der Waals surface area contributed by atoms with E-state index in [0.717, 1.165) is 10.2 Å². The largest absolute Gasteiger partial charge is 0.457 e. The third kappa shape index (κ3) is 3.10. The zero-order chi connectivity index (χ0) is 14.0. The number of hydrogen-bond donors (Lipinski definition) is 1. The smallest absolute Gasteiger partial charge is 0.174 e. The average molecular weight is 322 g/mol. The molecule has 0 bridgehead atoms. The van der Waals surface area contributed by atoms with Gasteiger partial charge in [0.1, 0.15) is 0 Å². The van der Waals surface area contributed by atoms with Crippen molar-refractivity contribution in [1.29, 1.82) is 0 Å². The van der Waals surface area contributed by atoms with Crippen molar-refractivity contribution < 1.29 is 4.42 Å². The monoisotopic (exact) mass is 321 g/mol. The van der Waals surface area contributed by atoms with Gasteiger partial charge in [0.25, 0.3) is 0 Å². The third-order valence-corrected chi connectivity index (χ3v) is 4.00. The van der Waals surface area contributed by atoms with E-state index in [9.17, 15) is 0 Å². The van der Waals surface area contributed by atoms with E-state index in [2.05, 4.69) is 66.3 Å². The number of nitrogens with one attached hydrogen (secondary N) is 1. The first-order valence-corrected chi connectivity index (χ1v) is 7.23. The van der Waals surface area contributed by atoms with E-state index < -0.39 is 0 Å². The van der Waals surface area contributed by atoms with E-state index in [1.165, 1.54) is 11.1 Å². The van der Waals surface area contributed by atoms with Gasteiger partial charge in [0.05, 0.1) is 12.3 Å². The van der Waals surface area contributed by atoms with Crippen molar-refractivity contribution in [1.82, 2.24) is 5.32 Å². The van der Waals surface area contributed by atoms with Crippen molar-refractivity contribution in [2.45, 2.75) is 32.2 Å². The van der Waals surface area contributed by atoms with Gasteiger partial charge in [-0.05, 0) is 45.6 Å². The molecule has 1 aromatic carbocycles. The molecule has 0 aliphatic carbocycles. The maximum atomic E-state index is 5.32. The Morgan fingerprint density at radius 2 is 1.74 bits per heavy atom. The number of halogens is 1. The van der Waals surface area contributed by atoms with Crippen molar-refractivity contribution in [3.05, 3.63) is 58.0 Å². The summed E-state index contributed by atoms with van der Waals surface area (Å²) in [5, 5.41) is 3.33. The molecule has 0 amide bonds. The van der Waals surface area contributed by atoms with Gasteiger partial charge in [0.15, 0.2) is 4.67 Å². The average Bonchev–Trinajstić information content (AvgIpc) is 2.76. The highest BCUT2D eigenvalue weighted by molar-refractivity contribution is 9.10. The first-order chi connectivity index (χ1) is 8.93. The Labute approximate surface area is 123 Å². The quantitative estimate of drug-likeness (QED) is 0.890. The zero-order valence-corrected chi connectivity index (χ0v) is 13.4. The van der Waals surface area contributed by atoms with Crippen molar-refractivity contribution in [2.75, 3.05) is 7.05 Å². The summed E-state index contributed by atoms with van der Waals surface area (Å²) >= 11 is 3.44. The molecule has 2 rings (SSSR count). The van der Waals surface area contributed by atoms with Gasteiger partial charge >= 0.3 is 0 Å². The number of benzene rings is 1. The zero-order valence-electron chi connectivity index (χ0n) is 11.8. The van der Waals surface area contributed by atoms with Crippen LogP contribution in [0.2, 0.25) is 0 Å². The molecular weight excluding hydrogens is 302 g/mol. The van der Waals surface area contributed by atoms with Crippen LogP contribution in [0.15, 0.2) is 45.7 Å². The van der Waals surface area contributed by atoms with Gasteiger partial charge < -0.3 is 9.73 Å². The maximum absolute atomic E-state index is 5.32. The van der Waals surface area contributed by atoms with Gasteiger partial charge in [0, 0.05) is 5.56 Å². The highest BCUT2D eigenvalue weighted by Crippen LogP contribution is 2.30. The van der Waals surface area contributed by atoms with Crippen LogP contribution in [0, 0.1) is 0 Å². The summed E-state index contributed by atoms with van der Waals surface area (Å²) < 4.78 is 6.11. The molecule has 0 spiro atoms. The summed E-state index contributed by atoms with van der Waals surface area (Å²) in [5.41, 5.74) is 3.88. The lowest BCUT2D eigenvalue weighted by molar-refractivity contribution is 0.530. The highest BCUT2D eigenvalue weighted by Gasteiger charge is 2.18. The number of furan rings is 1. The Morgan fingerprint density at radius 3 is 2.16 bits per heavy atom. The Balaban J connectivity index is 2.33. The fourth-order valence-electron chi connectivity index (χ4n) is 2.19. The van der Waals surface area contributed by atoms with E-state index in [1.807, 2.05) is 13.1 Å². The third-order valence-electron chi connectivity index (χ3n) is 3.36. The summed E-state index contributed by atoms with van der Waals surface area (Å²) in [6.07, 6.45) is 1.70. The summed E-state index contributed by atoms with van der Waals surface area (Å²) in [7, 11) is 1.96. The Hall–Kier alpha value is -1.06. The second kappa shape index (κ2) is 5.51. The van der Waals surface area contributed by atoms with Crippen LogP contribution in [-0.2, 0) is 5.41 Å². The van der Waals surface area contributed by atoms with Crippen LogP contribution in [0.1, 0.15) is 43.5 Å². The van der Waals surface area contributed by atoms with Crippen LogP contribution >= 0.6 is 15.9 Å². The maximum Gasteiger partial charge on any atom is 0.174 e. The topological polar surface area (TPSA) is 25.2 Å². The van der Waals surface area contributed by atoms with Gasteiger partial charge in [-0.2, -0.15) is 0 Å². The fraction of sp³-hybridized carbons (Fsp3) is 0.375. The normalized spacial score (nSPS) is 13.5. The lowest BCUT2D eigenvalue weighted by atomic mass is 9.86.